The van der Waals surface area contributed by atoms with Crippen LogP contribution in [0.1, 0.15) is 13.8 Å². The smallest absolute Gasteiger partial charge is 0.119 e. The minimum atomic E-state index is -2.09. The Hall–Kier alpha value is -0.240. The summed E-state index contributed by atoms with van der Waals surface area (Å²) in [6, 6.07) is 0. The highest BCUT2D eigenvalue weighted by Crippen LogP contribution is 2.20. The molecule has 0 radical (unpaired) electrons. The summed E-state index contributed by atoms with van der Waals surface area (Å²) in [5.41, 5.74) is -2.09. The van der Waals surface area contributed by atoms with Crippen LogP contribution in [-0.4, -0.2) is 67.3 Å². The number of hydrogen-bond acceptors (Lipinski definition) is 6. The van der Waals surface area contributed by atoms with Gasteiger partial charge in [0, 0.05) is 0 Å². The second-order valence-electron chi connectivity index (χ2n) is 3.61. The average Bonchev–Trinajstić information content (AvgIpc) is 2.13. The first kappa shape index (κ1) is 13.8. The van der Waals surface area contributed by atoms with Crippen LogP contribution in [0.25, 0.3) is 0 Å². The van der Waals surface area contributed by atoms with Crippen LogP contribution in [-0.2, 0) is 0 Å². The van der Waals surface area contributed by atoms with Gasteiger partial charge >= 0.3 is 0 Å². The van der Waals surface area contributed by atoms with Gasteiger partial charge in [0.25, 0.3) is 0 Å². The van der Waals surface area contributed by atoms with Crippen molar-refractivity contribution >= 4 is 0 Å². The topological polar surface area (TPSA) is 121 Å². The van der Waals surface area contributed by atoms with Gasteiger partial charge in [-0.05, 0) is 13.8 Å². The molecular formula is C8H18O6. The first-order valence-electron chi connectivity index (χ1n) is 4.30. The lowest BCUT2D eigenvalue weighted by molar-refractivity contribution is -0.192. The Bertz CT molecular complexity index is 169. The maximum atomic E-state index is 9.59. The summed E-state index contributed by atoms with van der Waals surface area (Å²) < 4.78 is 0. The van der Waals surface area contributed by atoms with Crippen molar-refractivity contribution in [3.63, 3.8) is 0 Å². The van der Waals surface area contributed by atoms with E-state index in [-0.39, 0.29) is 0 Å². The van der Waals surface area contributed by atoms with Crippen LogP contribution in [0.2, 0.25) is 0 Å². The standard InChI is InChI=1S/C8H18O6/c1-4(10)6(12)8(2,14)7(13)5(11)3-9/h4-7,9-14H,3H2,1-2H3/t4?,5-,6+,7+,8+/m0/s1. The van der Waals surface area contributed by atoms with Gasteiger partial charge in [-0.15, -0.1) is 0 Å². The minimum Gasteiger partial charge on any atom is -0.394 e. The lowest BCUT2D eigenvalue weighted by Gasteiger charge is -2.36. The molecule has 5 atom stereocenters. The zero-order valence-electron chi connectivity index (χ0n) is 8.20. The highest BCUT2D eigenvalue weighted by atomic mass is 16.4. The van der Waals surface area contributed by atoms with E-state index in [1.807, 2.05) is 0 Å². The predicted octanol–water partition coefficient (Wildman–Crippen LogP) is -2.81. The van der Waals surface area contributed by atoms with Crippen LogP contribution in [0.15, 0.2) is 0 Å². The first-order valence-corrected chi connectivity index (χ1v) is 4.30. The second kappa shape index (κ2) is 5.01. The van der Waals surface area contributed by atoms with Gasteiger partial charge in [0.15, 0.2) is 0 Å². The van der Waals surface area contributed by atoms with E-state index in [0.29, 0.717) is 0 Å². The van der Waals surface area contributed by atoms with Crippen molar-refractivity contribution in [3.8, 4) is 0 Å². The molecule has 0 aliphatic carbocycles. The second-order valence-corrected chi connectivity index (χ2v) is 3.61. The average molecular weight is 210 g/mol. The quantitative estimate of drug-likeness (QED) is 0.291. The molecule has 86 valence electrons. The number of hydrogen-bond donors (Lipinski definition) is 6. The normalized spacial score (nSPS) is 24.9. The van der Waals surface area contributed by atoms with Crippen molar-refractivity contribution in [1.82, 2.24) is 0 Å². The molecule has 0 rings (SSSR count). The Kier molecular flexibility index (Phi) is 4.93. The third-order valence-corrected chi connectivity index (χ3v) is 2.21. The molecule has 1 unspecified atom stereocenters. The van der Waals surface area contributed by atoms with E-state index in [2.05, 4.69) is 0 Å². The van der Waals surface area contributed by atoms with Gasteiger partial charge in [-0.1, -0.05) is 0 Å². The van der Waals surface area contributed by atoms with E-state index in [4.69, 9.17) is 15.3 Å². The van der Waals surface area contributed by atoms with Crippen LogP contribution in [0.3, 0.4) is 0 Å². The van der Waals surface area contributed by atoms with Gasteiger partial charge in [-0.3, -0.25) is 0 Å². The van der Waals surface area contributed by atoms with Crippen LogP contribution < -0.4 is 0 Å². The first-order chi connectivity index (χ1) is 6.25. The number of aliphatic hydroxyl groups excluding tert-OH is 5. The van der Waals surface area contributed by atoms with Crippen LogP contribution in [0, 0.1) is 0 Å². The maximum Gasteiger partial charge on any atom is 0.119 e. The van der Waals surface area contributed by atoms with Crippen LogP contribution in [0.4, 0.5) is 0 Å². The molecule has 14 heavy (non-hydrogen) atoms. The number of aliphatic hydroxyl groups is 6. The van der Waals surface area contributed by atoms with Crippen LogP contribution in [0.5, 0.6) is 0 Å². The lowest BCUT2D eigenvalue weighted by atomic mass is 9.87. The molecule has 0 fully saturated rings. The molecule has 0 spiro atoms. The van der Waals surface area contributed by atoms with Gasteiger partial charge in [0.1, 0.15) is 23.9 Å². The molecule has 0 aromatic heterocycles. The fourth-order valence-corrected chi connectivity index (χ4v) is 1.15. The van der Waals surface area contributed by atoms with E-state index in [9.17, 15) is 15.3 Å². The zero-order chi connectivity index (χ0) is 11.5. The van der Waals surface area contributed by atoms with Gasteiger partial charge < -0.3 is 30.6 Å². The van der Waals surface area contributed by atoms with Crippen molar-refractivity contribution in [3.05, 3.63) is 0 Å². The Morgan fingerprint density at radius 2 is 1.50 bits per heavy atom. The molecule has 6 N–H and O–H groups in total. The molecule has 6 nitrogen and oxygen atoms in total. The molecule has 0 aliphatic rings. The van der Waals surface area contributed by atoms with Crippen LogP contribution >= 0.6 is 0 Å². The van der Waals surface area contributed by atoms with E-state index >= 15 is 0 Å². The van der Waals surface area contributed by atoms with E-state index in [0.717, 1.165) is 6.92 Å². The summed E-state index contributed by atoms with van der Waals surface area (Å²) in [7, 11) is 0. The monoisotopic (exact) mass is 210 g/mol. The summed E-state index contributed by atoms with van der Waals surface area (Å²) in [4.78, 5) is 0. The van der Waals surface area contributed by atoms with Crippen molar-refractivity contribution < 1.29 is 30.6 Å². The Balaban J connectivity index is 4.59. The molecule has 0 aliphatic heterocycles. The predicted molar refractivity (Wildman–Crippen MR) is 47.4 cm³/mol. The molecule has 0 aromatic carbocycles. The Morgan fingerprint density at radius 3 is 1.79 bits per heavy atom. The van der Waals surface area contributed by atoms with Gasteiger partial charge in [-0.25, -0.2) is 0 Å². The third kappa shape index (κ3) is 2.88. The van der Waals surface area contributed by atoms with Gasteiger partial charge in [-0.2, -0.15) is 0 Å². The number of rotatable bonds is 5. The largest absolute Gasteiger partial charge is 0.394 e. The molecule has 0 saturated carbocycles. The zero-order valence-corrected chi connectivity index (χ0v) is 8.20. The summed E-state index contributed by atoms with van der Waals surface area (Å²) in [5, 5.41) is 54.8. The molecular weight excluding hydrogens is 192 g/mol. The molecule has 0 bridgehead atoms. The molecule has 0 amide bonds. The molecule has 0 aromatic rings. The van der Waals surface area contributed by atoms with Crippen molar-refractivity contribution in [2.45, 2.75) is 43.9 Å². The van der Waals surface area contributed by atoms with Crippen molar-refractivity contribution in [1.29, 1.82) is 0 Å². The Morgan fingerprint density at radius 1 is 1.07 bits per heavy atom. The summed E-state index contributed by atoms with van der Waals surface area (Å²) in [6.07, 6.45) is -6.18. The molecule has 6 heteroatoms. The highest BCUT2D eigenvalue weighted by molar-refractivity contribution is 4.94. The van der Waals surface area contributed by atoms with Gasteiger partial charge in [0.05, 0.1) is 12.7 Å². The van der Waals surface area contributed by atoms with E-state index in [1.165, 1.54) is 6.92 Å². The lowest BCUT2D eigenvalue weighted by Crippen LogP contribution is -2.58. The van der Waals surface area contributed by atoms with Gasteiger partial charge in [0.2, 0.25) is 0 Å². The van der Waals surface area contributed by atoms with Crippen molar-refractivity contribution in [2.75, 3.05) is 6.61 Å². The van der Waals surface area contributed by atoms with Crippen molar-refractivity contribution in [2.24, 2.45) is 0 Å². The fraction of sp³-hybridized carbons (Fsp3) is 1.00. The highest BCUT2D eigenvalue weighted by Gasteiger charge is 2.43. The molecule has 0 saturated heterocycles. The Labute approximate surface area is 82.1 Å². The molecule has 0 heterocycles. The SMILES string of the molecule is CC(O)[C@@H](O)[C@@](C)(O)[C@H](O)[C@@H](O)CO. The minimum absolute atomic E-state index is 0.746. The van der Waals surface area contributed by atoms with E-state index in [1.54, 1.807) is 0 Å². The fourth-order valence-electron chi connectivity index (χ4n) is 1.15. The summed E-state index contributed by atoms with van der Waals surface area (Å²) >= 11 is 0. The summed E-state index contributed by atoms with van der Waals surface area (Å²) in [6.45, 7) is 1.55. The third-order valence-electron chi connectivity index (χ3n) is 2.21. The maximum absolute atomic E-state index is 9.59. The van der Waals surface area contributed by atoms with E-state index < -0.39 is 36.6 Å². The summed E-state index contributed by atoms with van der Waals surface area (Å²) in [5.74, 6) is 0.